The molecule has 0 unspecified atom stereocenters. The number of carbonyl (C=O) groups is 2. The van der Waals surface area contributed by atoms with Crippen LogP contribution in [0.1, 0.15) is 32.1 Å². The van der Waals surface area contributed by atoms with Crippen LogP contribution >= 0.6 is 0 Å². The van der Waals surface area contributed by atoms with Crippen molar-refractivity contribution >= 4 is 11.8 Å². The zero-order chi connectivity index (χ0) is 21.1. The van der Waals surface area contributed by atoms with E-state index in [1.807, 2.05) is 48.7 Å². The van der Waals surface area contributed by atoms with Crippen LogP contribution < -0.4 is 9.47 Å². The molecule has 0 spiro atoms. The third kappa shape index (κ3) is 4.05. The van der Waals surface area contributed by atoms with Gasteiger partial charge in [0, 0.05) is 29.3 Å². The number of Topliss-reactive ketones (excluding diaryl/α,β-unsaturated/α-hetero) is 1. The average Bonchev–Trinajstić information content (AvgIpc) is 3.06. The molecule has 7 nitrogen and oxygen atoms in total. The van der Waals surface area contributed by atoms with Gasteiger partial charge in [-0.05, 0) is 44.2 Å². The van der Waals surface area contributed by atoms with Crippen LogP contribution in [0.25, 0.3) is 0 Å². The molecule has 4 rings (SSSR count). The van der Waals surface area contributed by atoms with E-state index in [1.54, 1.807) is 18.3 Å². The predicted octanol–water partition coefficient (Wildman–Crippen LogP) is 3.38. The molecular weight excluding hydrogens is 384 g/mol. The minimum Gasteiger partial charge on any atom is -0.486 e. The normalized spacial score (nSPS) is 14.9. The van der Waals surface area contributed by atoms with Gasteiger partial charge in [-0.15, -0.1) is 0 Å². The first-order chi connectivity index (χ1) is 14.5. The molecule has 0 aliphatic carbocycles. The number of aromatic nitrogens is 2. The van der Waals surface area contributed by atoms with Gasteiger partial charge in [-0.1, -0.05) is 12.1 Å². The number of nitrogens with zero attached hydrogens (tertiary/aromatic N) is 2. The fourth-order valence-corrected chi connectivity index (χ4v) is 3.50. The number of ether oxygens (including phenoxy) is 3. The van der Waals surface area contributed by atoms with Crippen molar-refractivity contribution in [1.82, 2.24) is 9.55 Å². The maximum Gasteiger partial charge on any atom is 0.340 e. The lowest BCUT2D eigenvalue weighted by atomic mass is 10.1. The van der Waals surface area contributed by atoms with E-state index in [2.05, 4.69) is 4.98 Å². The van der Waals surface area contributed by atoms with Crippen molar-refractivity contribution < 1.29 is 23.8 Å². The Morgan fingerprint density at radius 3 is 2.73 bits per heavy atom. The third-order valence-corrected chi connectivity index (χ3v) is 5.06. The second kappa shape index (κ2) is 8.41. The number of esters is 1. The second-order valence-corrected chi connectivity index (χ2v) is 7.13. The highest BCUT2D eigenvalue weighted by atomic mass is 16.6. The van der Waals surface area contributed by atoms with Gasteiger partial charge in [-0.3, -0.25) is 9.78 Å². The Morgan fingerprint density at radius 1 is 1.17 bits per heavy atom. The van der Waals surface area contributed by atoms with Gasteiger partial charge in [0.25, 0.3) is 0 Å². The fraction of sp³-hybridized carbons (Fsp3) is 0.261. The molecule has 0 saturated carbocycles. The quantitative estimate of drug-likeness (QED) is 0.461. The van der Waals surface area contributed by atoms with Crippen LogP contribution in [0.15, 0.2) is 54.9 Å². The van der Waals surface area contributed by atoms with Crippen LogP contribution in [0.3, 0.4) is 0 Å². The average molecular weight is 406 g/mol. The molecule has 1 aliphatic heterocycles. The van der Waals surface area contributed by atoms with Gasteiger partial charge in [0.15, 0.2) is 24.2 Å². The number of aryl methyl sites for hydroxylation is 1. The first-order valence-electron chi connectivity index (χ1n) is 9.68. The number of pyridine rings is 1. The Balaban J connectivity index is 1.42. The number of rotatable bonds is 6. The van der Waals surface area contributed by atoms with Crippen molar-refractivity contribution in [3.63, 3.8) is 0 Å². The minimum absolute atomic E-state index is 0.170. The number of para-hydroxylation sites is 2. The zero-order valence-electron chi connectivity index (χ0n) is 16.8. The van der Waals surface area contributed by atoms with E-state index in [0.29, 0.717) is 24.3 Å². The standard InChI is InChI=1S/C23H22N2O5/c1-15-10-19(20(26)14-29-23(27)17-6-5-9-24-11-17)16(2)25(15)12-18-13-28-21-7-3-4-8-22(21)30-18/h3-11,18H,12-14H2,1-2H3/t18-/m0/s1. The van der Waals surface area contributed by atoms with Crippen molar-refractivity contribution in [2.24, 2.45) is 0 Å². The summed E-state index contributed by atoms with van der Waals surface area (Å²) in [5, 5.41) is 0. The van der Waals surface area contributed by atoms with Crippen molar-refractivity contribution in [3.05, 3.63) is 77.4 Å². The van der Waals surface area contributed by atoms with Gasteiger partial charge in [0.05, 0.1) is 12.1 Å². The maximum atomic E-state index is 12.7. The van der Waals surface area contributed by atoms with E-state index in [9.17, 15) is 9.59 Å². The fourth-order valence-electron chi connectivity index (χ4n) is 3.50. The van der Waals surface area contributed by atoms with Crippen molar-refractivity contribution in [2.75, 3.05) is 13.2 Å². The minimum atomic E-state index is -0.573. The number of carbonyl (C=O) groups excluding carboxylic acids is 2. The summed E-state index contributed by atoms with van der Waals surface area (Å²) in [5.41, 5.74) is 2.57. The highest BCUT2D eigenvalue weighted by Crippen LogP contribution is 2.31. The maximum absolute atomic E-state index is 12.7. The van der Waals surface area contributed by atoms with Crippen LogP contribution in [0, 0.1) is 13.8 Å². The molecule has 154 valence electrons. The summed E-state index contributed by atoms with van der Waals surface area (Å²) in [6.07, 6.45) is 2.80. The molecule has 0 radical (unpaired) electrons. The van der Waals surface area contributed by atoms with Crippen LogP contribution in [0.5, 0.6) is 11.5 Å². The van der Waals surface area contributed by atoms with E-state index in [1.165, 1.54) is 6.20 Å². The Morgan fingerprint density at radius 2 is 1.97 bits per heavy atom. The summed E-state index contributed by atoms with van der Waals surface area (Å²) in [6.45, 7) is 4.47. The summed E-state index contributed by atoms with van der Waals surface area (Å²) in [7, 11) is 0. The van der Waals surface area contributed by atoms with Gasteiger partial charge in [-0.25, -0.2) is 4.79 Å². The molecule has 30 heavy (non-hydrogen) atoms. The van der Waals surface area contributed by atoms with Crippen LogP contribution in [-0.2, 0) is 11.3 Å². The number of hydrogen-bond acceptors (Lipinski definition) is 6. The summed E-state index contributed by atoms with van der Waals surface area (Å²) < 4.78 is 19.0. The molecule has 1 aromatic carbocycles. The van der Waals surface area contributed by atoms with E-state index in [-0.39, 0.29) is 18.5 Å². The summed E-state index contributed by atoms with van der Waals surface area (Å²) in [6, 6.07) is 12.6. The molecular formula is C23H22N2O5. The predicted molar refractivity (Wildman–Crippen MR) is 109 cm³/mol. The molecule has 2 aromatic heterocycles. The van der Waals surface area contributed by atoms with Crippen LogP contribution in [0.2, 0.25) is 0 Å². The lowest BCUT2D eigenvalue weighted by Crippen LogP contribution is -2.33. The van der Waals surface area contributed by atoms with Crippen molar-refractivity contribution in [2.45, 2.75) is 26.5 Å². The molecule has 0 amide bonds. The summed E-state index contributed by atoms with van der Waals surface area (Å²) in [4.78, 5) is 28.6. The SMILES string of the molecule is Cc1cc(C(=O)COC(=O)c2cccnc2)c(C)n1C[C@H]1COc2ccccc2O1. The zero-order valence-corrected chi connectivity index (χ0v) is 16.8. The van der Waals surface area contributed by atoms with Crippen LogP contribution in [0.4, 0.5) is 0 Å². The third-order valence-electron chi connectivity index (χ3n) is 5.06. The molecule has 1 aliphatic rings. The lowest BCUT2D eigenvalue weighted by molar-refractivity contribution is 0.0474. The van der Waals surface area contributed by atoms with Crippen molar-refractivity contribution in [1.29, 1.82) is 0 Å². The molecule has 3 heterocycles. The molecule has 7 heteroatoms. The van der Waals surface area contributed by atoms with Gasteiger partial charge >= 0.3 is 5.97 Å². The highest BCUT2D eigenvalue weighted by Gasteiger charge is 2.24. The Kier molecular flexibility index (Phi) is 5.52. The van der Waals surface area contributed by atoms with Crippen molar-refractivity contribution in [3.8, 4) is 11.5 Å². The number of hydrogen-bond donors (Lipinski definition) is 0. The smallest absolute Gasteiger partial charge is 0.340 e. The monoisotopic (exact) mass is 406 g/mol. The number of benzene rings is 1. The van der Waals surface area contributed by atoms with E-state index in [4.69, 9.17) is 14.2 Å². The van der Waals surface area contributed by atoms with E-state index >= 15 is 0 Å². The molecule has 0 saturated heterocycles. The molecule has 0 N–H and O–H groups in total. The Labute approximate surface area is 174 Å². The first kappa shape index (κ1) is 19.7. The summed E-state index contributed by atoms with van der Waals surface area (Å²) >= 11 is 0. The van der Waals surface area contributed by atoms with Gasteiger partial charge in [-0.2, -0.15) is 0 Å². The number of fused-ring (bicyclic) bond motifs is 1. The Hall–Kier alpha value is -3.61. The van der Waals surface area contributed by atoms with Gasteiger partial charge < -0.3 is 18.8 Å². The number of ketones is 1. The topological polar surface area (TPSA) is 79.7 Å². The van der Waals surface area contributed by atoms with Gasteiger partial charge in [0.1, 0.15) is 6.61 Å². The molecule has 1 atom stereocenters. The largest absolute Gasteiger partial charge is 0.486 e. The highest BCUT2D eigenvalue weighted by molar-refractivity contribution is 6.00. The van der Waals surface area contributed by atoms with Crippen LogP contribution in [-0.4, -0.2) is 40.6 Å². The van der Waals surface area contributed by atoms with E-state index < -0.39 is 5.97 Å². The second-order valence-electron chi connectivity index (χ2n) is 7.13. The molecule has 0 fully saturated rings. The summed E-state index contributed by atoms with van der Waals surface area (Å²) in [5.74, 6) is 0.630. The molecule has 0 bridgehead atoms. The molecule has 3 aromatic rings. The Bertz CT molecular complexity index is 1070. The van der Waals surface area contributed by atoms with E-state index in [0.717, 1.165) is 22.9 Å². The lowest BCUT2D eigenvalue weighted by Gasteiger charge is -2.27. The van der Waals surface area contributed by atoms with Gasteiger partial charge in [0.2, 0.25) is 5.78 Å². The first-order valence-corrected chi connectivity index (χ1v) is 9.68.